The van der Waals surface area contributed by atoms with Crippen LogP contribution >= 0.6 is 0 Å². The first-order valence-corrected chi connectivity index (χ1v) is 9.03. The number of methoxy groups -OCH3 is 2. The van der Waals surface area contributed by atoms with Crippen molar-refractivity contribution in [2.45, 2.75) is 13.3 Å². The Morgan fingerprint density at radius 3 is 2.62 bits per heavy atom. The highest BCUT2D eigenvalue weighted by Crippen LogP contribution is 2.33. The van der Waals surface area contributed by atoms with Crippen molar-refractivity contribution < 1.29 is 28.6 Å². The van der Waals surface area contributed by atoms with E-state index in [4.69, 9.17) is 14.2 Å². The Bertz CT molecular complexity index is 956. The molecule has 29 heavy (non-hydrogen) atoms. The normalized spacial score (nSPS) is 12.7. The number of ether oxygens (including phenoxy) is 3. The molecule has 1 N–H and O–H groups in total. The fourth-order valence-electron chi connectivity index (χ4n) is 3.00. The van der Waals surface area contributed by atoms with Crippen molar-refractivity contribution >= 4 is 29.0 Å². The number of fused-ring (bicyclic) bond motifs is 1. The van der Waals surface area contributed by atoms with E-state index in [1.165, 1.54) is 26.0 Å². The van der Waals surface area contributed by atoms with E-state index in [2.05, 4.69) is 5.32 Å². The van der Waals surface area contributed by atoms with Crippen LogP contribution in [0, 0.1) is 0 Å². The van der Waals surface area contributed by atoms with Gasteiger partial charge in [-0.25, -0.2) is 0 Å². The van der Waals surface area contributed by atoms with E-state index < -0.39 is 0 Å². The second-order valence-corrected chi connectivity index (χ2v) is 6.44. The van der Waals surface area contributed by atoms with E-state index in [0.29, 0.717) is 34.2 Å². The first kappa shape index (κ1) is 20.2. The molecule has 0 bridgehead atoms. The third kappa shape index (κ3) is 4.48. The second kappa shape index (κ2) is 8.64. The smallest absolute Gasteiger partial charge is 0.265 e. The van der Waals surface area contributed by atoms with Gasteiger partial charge in [-0.3, -0.25) is 14.4 Å². The topological polar surface area (TPSA) is 94.2 Å². The average Bonchev–Trinajstić information content (AvgIpc) is 2.72. The van der Waals surface area contributed by atoms with Gasteiger partial charge >= 0.3 is 0 Å². The number of amides is 2. The molecule has 0 atom stereocenters. The van der Waals surface area contributed by atoms with E-state index >= 15 is 0 Å². The van der Waals surface area contributed by atoms with Gasteiger partial charge in [0.2, 0.25) is 5.91 Å². The number of Topliss-reactive ketones (excluding diaryl/α,β-unsaturated/α-hetero) is 1. The summed E-state index contributed by atoms with van der Waals surface area (Å²) in [7, 11) is 3.04. The minimum Gasteiger partial charge on any atom is -0.497 e. The summed E-state index contributed by atoms with van der Waals surface area (Å²) in [6.07, 6.45) is 0.0514. The van der Waals surface area contributed by atoms with Crippen LogP contribution in [0.1, 0.15) is 23.7 Å². The lowest BCUT2D eigenvalue weighted by atomic mass is 10.1. The fraction of sp³-hybridized carbons (Fsp3) is 0.286. The zero-order valence-corrected chi connectivity index (χ0v) is 16.5. The quantitative estimate of drug-likeness (QED) is 0.721. The van der Waals surface area contributed by atoms with Crippen LogP contribution in [0.5, 0.6) is 17.2 Å². The Morgan fingerprint density at radius 1 is 1.14 bits per heavy atom. The summed E-state index contributed by atoms with van der Waals surface area (Å²) in [5.74, 6) is 0.899. The minimum atomic E-state index is -0.292. The van der Waals surface area contributed by atoms with Crippen molar-refractivity contribution in [3.63, 3.8) is 0 Å². The zero-order valence-electron chi connectivity index (χ0n) is 16.5. The molecule has 2 aromatic carbocycles. The predicted octanol–water partition coefficient (Wildman–Crippen LogP) is 2.66. The van der Waals surface area contributed by atoms with Crippen molar-refractivity contribution in [3.8, 4) is 17.2 Å². The van der Waals surface area contributed by atoms with Crippen LogP contribution < -0.4 is 24.4 Å². The molecule has 2 aromatic rings. The van der Waals surface area contributed by atoms with Gasteiger partial charge in [0.1, 0.15) is 17.2 Å². The van der Waals surface area contributed by atoms with Gasteiger partial charge in [-0.15, -0.1) is 0 Å². The molecule has 8 nitrogen and oxygen atoms in total. The standard InChI is InChI=1S/C21H22N2O6/c1-13(24)14-4-6-19-17(10-14)23(21(26)12-29-19)9-8-20(25)22-16-11-15(27-2)5-7-18(16)28-3/h4-7,10-11H,8-9,12H2,1-3H3,(H,22,25). The first-order chi connectivity index (χ1) is 13.9. The predicted molar refractivity (Wildman–Crippen MR) is 107 cm³/mol. The molecule has 0 unspecified atom stereocenters. The summed E-state index contributed by atoms with van der Waals surface area (Å²) in [6, 6.07) is 10.00. The summed E-state index contributed by atoms with van der Waals surface area (Å²) in [4.78, 5) is 38.0. The highest BCUT2D eigenvalue weighted by Gasteiger charge is 2.26. The molecule has 3 rings (SSSR count). The molecule has 0 aromatic heterocycles. The number of carbonyl (C=O) groups is 3. The van der Waals surface area contributed by atoms with Gasteiger partial charge in [0.15, 0.2) is 12.4 Å². The summed E-state index contributed by atoms with van der Waals surface area (Å²) in [6.45, 7) is 1.49. The third-order valence-electron chi connectivity index (χ3n) is 4.55. The molecule has 0 radical (unpaired) electrons. The van der Waals surface area contributed by atoms with Gasteiger partial charge < -0.3 is 24.4 Å². The number of rotatable bonds is 7. The van der Waals surface area contributed by atoms with E-state index in [0.717, 1.165) is 0 Å². The lowest BCUT2D eigenvalue weighted by Crippen LogP contribution is -2.40. The molecule has 0 saturated heterocycles. The Kier molecular flexibility index (Phi) is 6.01. The Hall–Kier alpha value is -3.55. The van der Waals surface area contributed by atoms with Crippen molar-refractivity contribution in [1.29, 1.82) is 0 Å². The molecule has 152 valence electrons. The number of benzene rings is 2. The van der Waals surface area contributed by atoms with Gasteiger partial charge in [0.25, 0.3) is 5.91 Å². The van der Waals surface area contributed by atoms with Gasteiger partial charge in [-0.05, 0) is 37.3 Å². The SMILES string of the molecule is COc1ccc(OC)c(NC(=O)CCN2C(=O)COc3ccc(C(C)=O)cc32)c1. The van der Waals surface area contributed by atoms with E-state index in [1.807, 2.05) is 0 Å². The summed E-state index contributed by atoms with van der Waals surface area (Å²) < 4.78 is 15.9. The van der Waals surface area contributed by atoms with Gasteiger partial charge in [0.05, 0.1) is 25.6 Å². The largest absolute Gasteiger partial charge is 0.497 e. The number of ketones is 1. The van der Waals surface area contributed by atoms with Gasteiger partial charge in [-0.2, -0.15) is 0 Å². The number of nitrogens with one attached hydrogen (secondary N) is 1. The minimum absolute atomic E-state index is 0.0514. The zero-order chi connectivity index (χ0) is 21.0. The molecule has 1 aliphatic rings. The Labute approximate surface area is 168 Å². The maximum Gasteiger partial charge on any atom is 0.265 e. The number of anilines is 2. The second-order valence-electron chi connectivity index (χ2n) is 6.44. The molecule has 0 saturated carbocycles. The third-order valence-corrected chi connectivity index (χ3v) is 4.55. The molecular weight excluding hydrogens is 376 g/mol. The van der Waals surface area contributed by atoms with Crippen LogP contribution in [0.2, 0.25) is 0 Å². The van der Waals surface area contributed by atoms with Crippen LogP contribution in [0.3, 0.4) is 0 Å². The number of hydrogen-bond donors (Lipinski definition) is 1. The Morgan fingerprint density at radius 2 is 1.93 bits per heavy atom. The molecule has 0 aliphatic carbocycles. The highest BCUT2D eigenvalue weighted by atomic mass is 16.5. The van der Waals surface area contributed by atoms with E-state index in [1.54, 1.807) is 36.4 Å². The van der Waals surface area contributed by atoms with Crippen LogP contribution in [-0.2, 0) is 9.59 Å². The Balaban J connectivity index is 1.73. The molecule has 0 spiro atoms. The maximum absolute atomic E-state index is 12.5. The van der Waals surface area contributed by atoms with Crippen molar-refractivity contribution in [1.82, 2.24) is 0 Å². The number of carbonyl (C=O) groups excluding carboxylic acids is 3. The molecule has 1 heterocycles. The van der Waals surface area contributed by atoms with Crippen LogP contribution in [-0.4, -0.2) is 45.0 Å². The number of hydrogen-bond acceptors (Lipinski definition) is 6. The summed E-state index contributed by atoms with van der Waals surface area (Å²) >= 11 is 0. The first-order valence-electron chi connectivity index (χ1n) is 9.03. The monoisotopic (exact) mass is 398 g/mol. The molecule has 8 heteroatoms. The lowest BCUT2D eigenvalue weighted by molar-refractivity contribution is -0.121. The van der Waals surface area contributed by atoms with Gasteiger partial charge in [-0.1, -0.05) is 0 Å². The average molecular weight is 398 g/mol. The summed E-state index contributed by atoms with van der Waals surface area (Å²) in [5.41, 5.74) is 1.43. The molecule has 2 amide bonds. The van der Waals surface area contributed by atoms with Gasteiger partial charge in [0, 0.05) is 24.6 Å². The molecular formula is C21H22N2O6. The van der Waals surface area contributed by atoms with Crippen LogP contribution in [0.15, 0.2) is 36.4 Å². The van der Waals surface area contributed by atoms with E-state index in [9.17, 15) is 14.4 Å². The molecule has 1 aliphatic heterocycles. The maximum atomic E-state index is 12.5. The van der Waals surface area contributed by atoms with Crippen LogP contribution in [0.25, 0.3) is 0 Å². The van der Waals surface area contributed by atoms with Crippen molar-refractivity contribution in [2.75, 3.05) is 37.6 Å². The lowest BCUT2D eigenvalue weighted by Gasteiger charge is -2.29. The van der Waals surface area contributed by atoms with Crippen molar-refractivity contribution in [2.24, 2.45) is 0 Å². The fourth-order valence-corrected chi connectivity index (χ4v) is 3.00. The highest BCUT2D eigenvalue weighted by molar-refractivity contribution is 6.02. The van der Waals surface area contributed by atoms with Crippen LogP contribution in [0.4, 0.5) is 11.4 Å². The van der Waals surface area contributed by atoms with E-state index in [-0.39, 0.29) is 37.2 Å². The number of nitrogens with zero attached hydrogens (tertiary/aromatic N) is 1. The summed E-state index contributed by atoms with van der Waals surface area (Å²) in [5, 5.41) is 2.78. The van der Waals surface area contributed by atoms with Crippen molar-refractivity contribution in [3.05, 3.63) is 42.0 Å². The molecule has 0 fully saturated rings.